The smallest absolute Gasteiger partial charge is 0.310 e. The molecule has 1 unspecified atom stereocenters. The molecule has 3 rings (SSSR count). The molecule has 0 spiro atoms. The highest BCUT2D eigenvalue weighted by Crippen LogP contribution is 3.02. The van der Waals surface area contributed by atoms with Gasteiger partial charge >= 0.3 is 10.2 Å². The van der Waals surface area contributed by atoms with Gasteiger partial charge in [0.05, 0.1) is 0 Å². The van der Waals surface area contributed by atoms with Crippen molar-refractivity contribution in [3.63, 3.8) is 0 Å². The quantitative estimate of drug-likeness (QED) is 0.364. The summed E-state index contributed by atoms with van der Waals surface area (Å²) in [4.78, 5) is 21.5. The van der Waals surface area contributed by atoms with Crippen LogP contribution < -0.4 is 15.5 Å². The summed E-state index contributed by atoms with van der Waals surface area (Å²) in [6.45, 7) is 0. The van der Waals surface area contributed by atoms with Crippen LogP contribution in [0.25, 0.3) is 0 Å². The van der Waals surface area contributed by atoms with E-state index in [9.17, 15) is 29.0 Å². The van der Waals surface area contributed by atoms with E-state index in [1.165, 1.54) is 17.6 Å². The zero-order chi connectivity index (χ0) is 21.5. The minimum Gasteiger partial charge on any atom is -0.480 e. The zero-order valence-corrected chi connectivity index (χ0v) is 15.3. The number of hydroxylamine groups is 1. The van der Waals surface area contributed by atoms with E-state index in [2.05, 4.69) is 5.32 Å². The highest BCUT2D eigenvalue weighted by Gasteiger charge is 2.65. The van der Waals surface area contributed by atoms with Crippen LogP contribution in [-0.2, 0) is 11.2 Å². The van der Waals surface area contributed by atoms with Crippen LogP contribution in [0.4, 0.5) is 25.1 Å². The molecular formula is C17H15F5N2O4S. The van der Waals surface area contributed by atoms with Gasteiger partial charge < -0.3 is 10.1 Å². The molecule has 1 aliphatic heterocycles. The number of carbonyl (C=O) groups excluding carboxylic acids is 2. The normalized spacial score (nSPS) is 18.5. The molecule has 0 aromatic heterocycles. The average Bonchev–Trinajstić information content (AvgIpc) is 2.65. The van der Waals surface area contributed by atoms with Gasteiger partial charge in [-0.15, -0.1) is 0 Å². The van der Waals surface area contributed by atoms with Crippen LogP contribution in [0.3, 0.4) is 0 Å². The first kappa shape index (κ1) is 20.9. The molecule has 158 valence electrons. The predicted molar refractivity (Wildman–Crippen MR) is 94.9 cm³/mol. The Morgan fingerprint density at radius 3 is 2.28 bits per heavy atom. The fraction of sp³-hybridized carbons (Fsp3) is 0.176. The molecular weight excluding hydrogens is 423 g/mol. The molecule has 12 heteroatoms. The van der Waals surface area contributed by atoms with Crippen LogP contribution in [0.5, 0.6) is 5.75 Å². The second kappa shape index (κ2) is 6.32. The predicted octanol–water partition coefficient (Wildman–Crippen LogP) is 4.80. The van der Waals surface area contributed by atoms with Gasteiger partial charge in [0, 0.05) is 11.3 Å². The molecule has 1 heterocycles. The summed E-state index contributed by atoms with van der Waals surface area (Å²) >= 11 is 0. The first-order valence-corrected chi connectivity index (χ1v) is 10.1. The molecule has 29 heavy (non-hydrogen) atoms. The molecule has 3 N–H and O–H groups in total. The number of hydrogen-bond acceptors (Lipinski definition) is 4. The number of nitrogens with one attached hydrogen (secondary N) is 2. The fourth-order valence-corrected chi connectivity index (χ4v) is 3.44. The number of aryl methyl sites for hydroxylation is 1. The lowest BCUT2D eigenvalue weighted by atomic mass is 10.0. The summed E-state index contributed by atoms with van der Waals surface area (Å²) in [5.74, 6) is -1.10. The first-order chi connectivity index (χ1) is 13.3. The van der Waals surface area contributed by atoms with Gasteiger partial charge in [-0.3, -0.25) is 14.8 Å². The number of hydrogen-bond donors (Lipinski definition) is 3. The fourth-order valence-electron chi connectivity index (χ4n) is 2.79. The number of fused-ring (bicyclic) bond motifs is 1. The van der Waals surface area contributed by atoms with Crippen molar-refractivity contribution in [3.8, 4) is 5.75 Å². The van der Waals surface area contributed by atoms with Gasteiger partial charge in [0.1, 0.15) is 10.6 Å². The second-order valence-electron chi connectivity index (χ2n) is 6.39. The van der Waals surface area contributed by atoms with Gasteiger partial charge in [-0.25, -0.2) is 5.48 Å². The Morgan fingerprint density at radius 1 is 1.03 bits per heavy atom. The minimum absolute atomic E-state index is 0.170. The van der Waals surface area contributed by atoms with Crippen molar-refractivity contribution in [1.29, 1.82) is 0 Å². The van der Waals surface area contributed by atoms with E-state index in [0.717, 1.165) is 0 Å². The van der Waals surface area contributed by atoms with Crippen molar-refractivity contribution in [2.24, 2.45) is 0 Å². The van der Waals surface area contributed by atoms with Crippen molar-refractivity contribution >= 4 is 27.7 Å². The van der Waals surface area contributed by atoms with Crippen molar-refractivity contribution < 1.29 is 39.0 Å². The number of anilines is 1. The lowest BCUT2D eigenvalue weighted by molar-refractivity contribution is -0.137. The number of halogens is 5. The van der Waals surface area contributed by atoms with Crippen molar-refractivity contribution in [2.45, 2.75) is 23.8 Å². The maximum atomic E-state index is 12.7. The number of benzene rings is 2. The Hall–Kier alpha value is -2.86. The molecule has 0 radical (unpaired) electrons. The molecule has 0 aliphatic carbocycles. The van der Waals surface area contributed by atoms with Gasteiger partial charge in [0.25, 0.3) is 11.8 Å². The number of rotatable bonds is 4. The summed E-state index contributed by atoms with van der Waals surface area (Å²) in [7, 11) is -9.80. The molecule has 0 bridgehead atoms. The van der Waals surface area contributed by atoms with Crippen LogP contribution in [-0.4, -0.2) is 23.1 Å². The van der Waals surface area contributed by atoms with Crippen molar-refractivity contribution in [3.05, 3.63) is 53.6 Å². The van der Waals surface area contributed by atoms with Gasteiger partial charge in [-0.2, -0.15) is 0 Å². The van der Waals surface area contributed by atoms with Crippen LogP contribution in [0.1, 0.15) is 22.3 Å². The van der Waals surface area contributed by atoms with E-state index in [1.807, 2.05) is 0 Å². The molecule has 1 atom stereocenters. The Kier molecular flexibility index (Phi) is 4.55. The van der Waals surface area contributed by atoms with E-state index in [0.29, 0.717) is 35.6 Å². The van der Waals surface area contributed by atoms with Gasteiger partial charge in [-0.05, 0) is 60.9 Å². The van der Waals surface area contributed by atoms with E-state index in [1.54, 1.807) is 6.07 Å². The lowest BCUT2D eigenvalue weighted by Crippen LogP contribution is -2.38. The average molecular weight is 438 g/mol. The van der Waals surface area contributed by atoms with Crippen LogP contribution in [0.15, 0.2) is 47.4 Å². The van der Waals surface area contributed by atoms with Gasteiger partial charge in [0.15, 0.2) is 6.10 Å². The maximum Gasteiger partial charge on any atom is 0.310 e. The summed E-state index contributed by atoms with van der Waals surface area (Å²) < 4.78 is 69.1. The summed E-state index contributed by atoms with van der Waals surface area (Å²) in [5, 5.41) is 11.1. The van der Waals surface area contributed by atoms with E-state index >= 15 is 0 Å². The highest BCUT2D eigenvalue weighted by atomic mass is 32.5. The summed E-state index contributed by atoms with van der Waals surface area (Å²) in [6, 6.07) is 6.17. The first-order valence-electron chi connectivity index (χ1n) is 8.16. The Bertz CT molecular complexity index is 981. The third-order valence-corrected chi connectivity index (χ3v) is 5.39. The SMILES string of the molecule is O=C(Nc1ccc2c(c1)CCC(C(=O)NO)O2)c1ccc(S(F)(F)(F)(F)F)cc1. The Morgan fingerprint density at radius 2 is 1.69 bits per heavy atom. The second-order valence-corrected chi connectivity index (χ2v) is 8.80. The van der Waals surface area contributed by atoms with E-state index in [4.69, 9.17) is 9.94 Å². The van der Waals surface area contributed by atoms with Crippen LogP contribution >= 0.6 is 10.2 Å². The molecule has 6 nitrogen and oxygen atoms in total. The maximum absolute atomic E-state index is 12.7. The molecule has 1 aliphatic rings. The van der Waals surface area contributed by atoms with Crippen LogP contribution in [0.2, 0.25) is 0 Å². The minimum atomic E-state index is -9.80. The molecule has 0 fully saturated rings. The molecule has 2 amide bonds. The largest absolute Gasteiger partial charge is 0.480 e. The number of ether oxygens (including phenoxy) is 1. The number of amides is 2. The topological polar surface area (TPSA) is 87.7 Å². The van der Waals surface area contributed by atoms with Crippen LogP contribution in [0, 0.1) is 0 Å². The molecule has 2 aromatic carbocycles. The molecule has 0 saturated heterocycles. The van der Waals surface area contributed by atoms with Gasteiger partial charge in [0.2, 0.25) is 0 Å². The van der Waals surface area contributed by atoms with Gasteiger partial charge in [-0.1, -0.05) is 19.4 Å². The van der Waals surface area contributed by atoms with Crippen molar-refractivity contribution in [1.82, 2.24) is 5.48 Å². The van der Waals surface area contributed by atoms with Crippen molar-refractivity contribution in [2.75, 3.05) is 5.32 Å². The Labute approximate surface area is 161 Å². The highest BCUT2D eigenvalue weighted by molar-refractivity contribution is 8.45. The molecule has 2 aromatic rings. The third-order valence-electron chi connectivity index (χ3n) is 4.23. The van der Waals surface area contributed by atoms with E-state index in [-0.39, 0.29) is 24.1 Å². The third kappa shape index (κ3) is 4.77. The standard InChI is InChI=1S/C17H15F5N2O4S/c18-29(19,20,21,22)13-5-1-10(2-6-13)16(25)23-12-4-8-14-11(9-12)3-7-15(28-14)17(26)24-27/h1-2,4-6,8-9,15,27H,3,7H2,(H,23,25)(H,24,26). The summed E-state index contributed by atoms with van der Waals surface area (Å²) in [5.41, 5.74) is 2.24. The zero-order valence-electron chi connectivity index (χ0n) is 14.5. The summed E-state index contributed by atoms with van der Waals surface area (Å²) in [6.07, 6.45) is -0.164. The Balaban J connectivity index is 1.73. The van der Waals surface area contributed by atoms with E-state index < -0.39 is 33.0 Å². The monoisotopic (exact) mass is 438 g/mol. The number of carbonyl (C=O) groups is 2. The lowest BCUT2D eigenvalue weighted by Gasteiger charge is -2.40. The molecule has 0 saturated carbocycles.